The number of aryl methyl sites for hydroxylation is 1. The summed E-state index contributed by atoms with van der Waals surface area (Å²) in [6, 6.07) is 18.7. The topological polar surface area (TPSA) is 59.7 Å². The Balaban J connectivity index is 1.31. The molecule has 29 heavy (non-hydrogen) atoms. The van der Waals surface area contributed by atoms with E-state index in [0.29, 0.717) is 18.2 Å². The van der Waals surface area contributed by atoms with Crippen molar-refractivity contribution in [2.45, 2.75) is 20.0 Å². The fourth-order valence-corrected chi connectivity index (χ4v) is 3.21. The molecule has 2 aromatic carbocycles. The first-order valence-corrected chi connectivity index (χ1v) is 9.77. The summed E-state index contributed by atoms with van der Waals surface area (Å²) in [5.74, 6) is 0. The Morgan fingerprint density at radius 3 is 1.86 bits per heavy atom. The van der Waals surface area contributed by atoms with Crippen molar-refractivity contribution in [3.05, 3.63) is 96.1 Å². The van der Waals surface area contributed by atoms with Crippen LogP contribution in [-0.2, 0) is 13.1 Å². The van der Waals surface area contributed by atoms with Crippen molar-refractivity contribution in [3.63, 3.8) is 0 Å². The Morgan fingerprint density at radius 1 is 0.793 bits per heavy atom. The van der Waals surface area contributed by atoms with Crippen LogP contribution in [0.4, 0.5) is 11.4 Å². The molecule has 2 heterocycles. The van der Waals surface area contributed by atoms with Crippen molar-refractivity contribution < 1.29 is 0 Å². The Morgan fingerprint density at radius 2 is 1.31 bits per heavy atom. The minimum absolute atomic E-state index is 0.499. The second-order valence-corrected chi connectivity index (χ2v) is 7.31. The molecule has 2 aromatic heterocycles. The Kier molecular flexibility index (Phi) is 5.67. The van der Waals surface area contributed by atoms with E-state index in [-0.39, 0.29) is 0 Å². The molecule has 146 valence electrons. The molecular weight excluding hydrogens is 380 g/mol. The van der Waals surface area contributed by atoms with E-state index >= 15 is 0 Å². The van der Waals surface area contributed by atoms with Crippen LogP contribution in [0.2, 0.25) is 0 Å². The van der Waals surface area contributed by atoms with E-state index in [2.05, 4.69) is 64.2 Å². The highest BCUT2D eigenvalue weighted by atomic mass is 32.1. The molecule has 0 aliphatic rings. The molecule has 0 saturated heterocycles. The smallest absolute Gasteiger partial charge is 0.175 e. The van der Waals surface area contributed by atoms with Crippen molar-refractivity contribution in [1.29, 1.82) is 0 Å². The number of hydrogen-bond acceptors (Lipinski definition) is 3. The summed E-state index contributed by atoms with van der Waals surface area (Å²) >= 11 is 5.41. The second kappa shape index (κ2) is 8.70. The third-order valence-corrected chi connectivity index (χ3v) is 4.64. The maximum Gasteiger partial charge on any atom is 0.175 e. The largest absolute Gasteiger partial charge is 0.330 e. The molecule has 0 fully saturated rings. The summed E-state index contributed by atoms with van der Waals surface area (Å²) in [6.45, 7) is 3.52. The van der Waals surface area contributed by atoms with Crippen LogP contribution < -0.4 is 10.6 Å². The summed E-state index contributed by atoms with van der Waals surface area (Å²) in [5, 5.41) is 15.6. The molecule has 7 heteroatoms. The van der Waals surface area contributed by atoms with Gasteiger partial charge in [-0.3, -0.25) is 9.36 Å². The Labute approximate surface area is 175 Å². The molecule has 0 bridgehead atoms. The zero-order valence-electron chi connectivity index (χ0n) is 16.1. The lowest BCUT2D eigenvalue weighted by Crippen LogP contribution is -2.18. The van der Waals surface area contributed by atoms with Crippen molar-refractivity contribution >= 4 is 28.7 Å². The third-order valence-electron chi connectivity index (χ3n) is 4.43. The van der Waals surface area contributed by atoms with E-state index in [4.69, 9.17) is 12.2 Å². The number of hydrogen-bond donors (Lipinski definition) is 2. The van der Waals surface area contributed by atoms with Gasteiger partial charge in [0, 0.05) is 12.4 Å². The first-order valence-electron chi connectivity index (χ1n) is 9.36. The van der Waals surface area contributed by atoms with E-state index in [1.807, 2.05) is 40.0 Å². The fraction of sp³-hybridized carbons (Fsp3) is 0.136. The van der Waals surface area contributed by atoms with Crippen molar-refractivity contribution in [3.8, 4) is 0 Å². The van der Waals surface area contributed by atoms with Gasteiger partial charge in [-0.1, -0.05) is 60.2 Å². The summed E-state index contributed by atoms with van der Waals surface area (Å²) in [6.07, 6.45) is 7.40. The lowest BCUT2D eigenvalue weighted by Gasteiger charge is -2.06. The molecule has 0 spiro atoms. The minimum Gasteiger partial charge on any atom is -0.330 e. The Hall–Kier alpha value is -3.45. The molecule has 0 atom stereocenters. The van der Waals surface area contributed by atoms with Crippen LogP contribution in [0.1, 0.15) is 16.7 Å². The normalized spacial score (nSPS) is 10.7. The zero-order chi connectivity index (χ0) is 20.1. The molecule has 4 aromatic rings. The molecule has 0 aliphatic heterocycles. The average molecular weight is 403 g/mol. The molecular formula is C22H22N6S. The highest BCUT2D eigenvalue weighted by molar-refractivity contribution is 7.80. The van der Waals surface area contributed by atoms with Crippen molar-refractivity contribution in [2.24, 2.45) is 0 Å². The SMILES string of the molecule is Cc1ccc(Cn2cc(NC(=S)Nc3cnn(Cc4ccccc4)c3)cn2)cc1. The van der Waals surface area contributed by atoms with Crippen molar-refractivity contribution in [2.75, 3.05) is 10.6 Å². The first-order chi connectivity index (χ1) is 14.1. The predicted molar refractivity (Wildman–Crippen MR) is 120 cm³/mol. The number of nitrogens with one attached hydrogen (secondary N) is 2. The van der Waals surface area contributed by atoms with Gasteiger partial charge in [0.2, 0.25) is 0 Å². The maximum absolute atomic E-state index is 5.41. The third kappa shape index (κ3) is 5.30. The number of thiocarbonyl (C=S) groups is 1. The average Bonchev–Trinajstić information content (AvgIpc) is 3.34. The monoisotopic (exact) mass is 402 g/mol. The zero-order valence-corrected chi connectivity index (χ0v) is 16.9. The van der Waals surface area contributed by atoms with Gasteiger partial charge in [0.05, 0.1) is 36.9 Å². The lowest BCUT2D eigenvalue weighted by molar-refractivity contribution is 0.687. The van der Waals surface area contributed by atoms with E-state index < -0.39 is 0 Å². The first kappa shape index (κ1) is 18.9. The van der Waals surface area contributed by atoms with E-state index in [1.54, 1.807) is 12.4 Å². The fourth-order valence-electron chi connectivity index (χ4n) is 2.97. The molecule has 0 aliphatic carbocycles. The number of anilines is 2. The van der Waals surface area contributed by atoms with Gasteiger partial charge >= 0.3 is 0 Å². The van der Waals surface area contributed by atoms with Gasteiger partial charge in [0.15, 0.2) is 5.11 Å². The van der Waals surface area contributed by atoms with Gasteiger partial charge in [0.1, 0.15) is 0 Å². The van der Waals surface area contributed by atoms with Gasteiger partial charge in [0.25, 0.3) is 0 Å². The van der Waals surface area contributed by atoms with Crippen LogP contribution in [0.15, 0.2) is 79.4 Å². The molecule has 6 nitrogen and oxygen atoms in total. The summed E-state index contributed by atoms with van der Waals surface area (Å²) < 4.78 is 3.76. The standard InChI is InChI=1S/C22H22N6S/c1-17-7-9-19(10-8-17)14-28-16-21(12-24-28)26-22(29)25-20-11-23-27(15-20)13-18-5-3-2-4-6-18/h2-12,15-16H,13-14H2,1H3,(H2,25,26,29). The van der Waals surface area contributed by atoms with Crippen molar-refractivity contribution in [1.82, 2.24) is 19.6 Å². The summed E-state index contributed by atoms with van der Waals surface area (Å²) in [5.41, 5.74) is 5.33. The van der Waals surface area contributed by atoms with Crippen LogP contribution in [0, 0.1) is 6.92 Å². The minimum atomic E-state index is 0.499. The summed E-state index contributed by atoms with van der Waals surface area (Å²) in [7, 11) is 0. The number of nitrogens with zero attached hydrogens (tertiary/aromatic N) is 4. The van der Waals surface area contributed by atoms with Gasteiger partial charge in [-0.05, 0) is 30.3 Å². The summed E-state index contributed by atoms with van der Waals surface area (Å²) in [4.78, 5) is 0. The van der Waals surface area contributed by atoms with Gasteiger partial charge in [-0.15, -0.1) is 0 Å². The molecule has 0 radical (unpaired) electrons. The number of benzene rings is 2. The highest BCUT2D eigenvalue weighted by Crippen LogP contribution is 2.12. The highest BCUT2D eigenvalue weighted by Gasteiger charge is 2.05. The molecule has 2 N–H and O–H groups in total. The predicted octanol–water partition coefficient (Wildman–Crippen LogP) is 4.29. The van der Waals surface area contributed by atoms with Gasteiger partial charge < -0.3 is 10.6 Å². The number of aromatic nitrogens is 4. The van der Waals surface area contributed by atoms with Crippen LogP contribution >= 0.6 is 12.2 Å². The van der Waals surface area contributed by atoms with Gasteiger partial charge in [-0.2, -0.15) is 10.2 Å². The quantitative estimate of drug-likeness (QED) is 0.471. The van der Waals surface area contributed by atoms with Crippen LogP contribution in [0.3, 0.4) is 0 Å². The maximum atomic E-state index is 5.41. The van der Waals surface area contributed by atoms with Gasteiger partial charge in [-0.25, -0.2) is 0 Å². The molecule has 4 rings (SSSR count). The van der Waals surface area contributed by atoms with E-state index in [1.165, 1.54) is 16.7 Å². The molecule has 0 unspecified atom stereocenters. The van der Waals surface area contributed by atoms with Crippen LogP contribution in [-0.4, -0.2) is 24.7 Å². The molecule has 0 saturated carbocycles. The lowest BCUT2D eigenvalue weighted by atomic mass is 10.1. The van der Waals surface area contributed by atoms with Crippen LogP contribution in [0.5, 0.6) is 0 Å². The van der Waals surface area contributed by atoms with E-state index in [9.17, 15) is 0 Å². The van der Waals surface area contributed by atoms with Crippen LogP contribution in [0.25, 0.3) is 0 Å². The second-order valence-electron chi connectivity index (χ2n) is 6.90. The number of rotatable bonds is 6. The molecule has 0 amide bonds. The van der Waals surface area contributed by atoms with E-state index in [0.717, 1.165) is 11.4 Å². The Bertz CT molecular complexity index is 1080.